The summed E-state index contributed by atoms with van der Waals surface area (Å²) in [7, 11) is 0. The predicted molar refractivity (Wildman–Crippen MR) is 84.7 cm³/mol. The van der Waals surface area contributed by atoms with Crippen molar-refractivity contribution in [2.75, 3.05) is 5.75 Å². The van der Waals surface area contributed by atoms with Crippen molar-refractivity contribution in [2.24, 2.45) is 5.92 Å². The molecule has 0 aliphatic rings. The lowest BCUT2D eigenvalue weighted by molar-refractivity contribution is -0.133. The van der Waals surface area contributed by atoms with Crippen molar-refractivity contribution in [1.29, 1.82) is 0 Å². The van der Waals surface area contributed by atoms with Crippen LogP contribution in [0.5, 0.6) is 0 Å². The lowest BCUT2D eigenvalue weighted by Crippen LogP contribution is -2.11. The Hall–Kier alpha value is -1.56. The molecule has 114 valence electrons. The molecule has 2 heterocycles. The van der Waals surface area contributed by atoms with Crippen LogP contribution in [0.2, 0.25) is 0 Å². The highest BCUT2D eigenvalue weighted by molar-refractivity contribution is 7.99. The maximum absolute atomic E-state index is 10.8. The van der Waals surface area contributed by atoms with Gasteiger partial charge in [0.05, 0.1) is 5.75 Å². The van der Waals surface area contributed by atoms with E-state index in [0.29, 0.717) is 5.92 Å². The molecule has 0 unspecified atom stereocenters. The third-order valence-electron chi connectivity index (χ3n) is 3.61. The van der Waals surface area contributed by atoms with Crippen molar-refractivity contribution in [3.05, 3.63) is 17.8 Å². The summed E-state index contributed by atoms with van der Waals surface area (Å²) in [5.74, 6) is -0.259. The van der Waals surface area contributed by atoms with Crippen LogP contribution in [-0.2, 0) is 11.3 Å². The largest absolute Gasteiger partial charge is 0.481 e. The van der Waals surface area contributed by atoms with Gasteiger partial charge in [-0.15, -0.1) is 0 Å². The first-order valence-electron chi connectivity index (χ1n) is 7.22. The van der Waals surface area contributed by atoms with Crippen LogP contribution in [0.3, 0.4) is 0 Å². The normalized spacial score (nSPS) is 11.4. The number of carboxylic acids is 1. The molecule has 0 aliphatic heterocycles. The van der Waals surface area contributed by atoms with Gasteiger partial charge in [-0.1, -0.05) is 38.5 Å². The molecule has 0 spiro atoms. The molecule has 0 aliphatic carbocycles. The minimum Gasteiger partial charge on any atom is -0.481 e. The Labute approximate surface area is 128 Å². The molecule has 5 nitrogen and oxygen atoms in total. The maximum Gasteiger partial charge on any atom is 0.313 e. The fourth-order valence-corrected chi connectivity index (χ4v) is 3.03. The second-order valence-electron chi connectivity index (χ2n) is 5.23. The summed E-state index contributed by atoms with van der Waals surface area (Å²) in [6.07, 6.45) is 4.01. The van der Waals surface area contributed by atoms with E-state index in [1.165, 1.54) is 11.8 Å². The Bertz CT molecular complexity index is 635. The average Bonchev–Trinajstić information content (AvgIpc) is 2.79. The first-order chi connectivity index (χ1) is 10.0. The molecule has 21 heavy (non-hydrogen) atoms. The number of nitrogens with zero attached hydrogens (tertiary/aromatic N) is 3. The summed E-state index contributed by atoms with van der Waals surface area (Å²) < 4.78 is 2.07. The highest BCUT2D eigenvalue weighted by Gasteiger charge is 2.16. The number of aromatic nitrogens is 3. The van der Waals surface area contributed by atoms with E-state index < -0.39 is 5.97 Å². The molecular formula is C15H21N3O2S. The van der Waals surface area contributed by atoms with Gasteiger partial charge in [-0.05, 0) is 24.5 Å². The molecular weight excluding hydrogens is 286 g/mol. The third kappa shape index (κ3) is 3.75. The first kappa shape index (κ1) is 15.8. The van der Waals surface area contributed by atoms with Crippen LogP contribution in [0, 0.1) is 12.8 Å². The van der Waals surface area contributed by atoms with Gasteiger partial charge in [0, 0.05) is 12.7 Å². The van der Waals surface area contributed by atoms with E-state index in [0.717, 1.165) is 41.3 Å². The molecule has 0 bridgehead atoms. The van der Waals surface area contributed by atoms with Gasteiger partial charge in [0.15, 0.2) is 10.8 Å². The number of hydrogen-bond donors (Lipinski definition) is 1. The Balaban J connectivity index is 2.41. The molecule has 2 aromatic rings. The topological polar surface area (TPSA) is 68.0 Å². The fourth-order valence-electron chi connectivity index (χ4n) is 2.30. The molecule has 6 heteroatoms. The standard InChI is InChI=1S/C15H21N3O2S/c1-4-11(5-2)8-18-14-12(6-10(3)7-16-14)17-15(18)21-9-13(19)20/h6-7,11H,4-5,8-9H2,1-3H3,(H,19,20). The molecule has 0 radical (unpaired) electrons. The molecule has 0 saturated heterocycles. The van der Waals surface area contributed by atoms with Crippen molar-refractivity contribution in [3.63, 3.8) is 0 Å². The molecule has 1 N–H and O–H groups in total. The minimum atomic E-state index is -0.828. The molecule has 0 saturated carbocycles. The zero-order valence-corrected chi connectivity index (χ0v) is 13.5. The number of rotatable bonds is 7. The smallest absolute Gasteiger partial charge is 0.313 e. The van der Waals surface area contributed by atoms with Crippen molar-refractivity contribution in [3.8, 4) is 0 Å². The summed E-state index contributed by atoms with van der Waals surface area (Å²) >= 11 is 1.26. The van der Waals surface area contributed by atoms with E-state index in [9.17, 15) is 4.79 Å². The van der Waals surface area contributed by atoms with E-state index >= 15 is 0 Å². The number of pyridine rings is 1. The second kappa shape index (κ2) is 6.93. The second-order valence-corrected chi connectivity index (χ2v) is 6.17. The number of carboxylic acid groups (broad SMARTS) is 1. The van der Waals surface area contributed by atoms with Gasteiger partial charge in [-0.2, -0.15) is 0 Å². The predicted octanol–water partition coefficient (Wildman–Crippen LogP) is 3.35. The highest BCUT2D eigenvalue weighted by atomic mass is 32.2. The van der Waals surface area contributed by atoms with E-state index in [-0.39, 0.29) is 5.75 Å². The van der Waals surface area contributed by atoms with Crippen LogP contribution in [0.25, 0.3) is 11.2 Å². The molecule has 0 amide bonds. The third-order valence-corrected chi connectivity index (χ3v) is 4.57. The van der Waals surface area contributed by atoms with Crippen LogP contribution >= 0.6 is 11.8 Å². The number of carbonyl (C=O) groups is 1. The van der Waals surface area contributed by atoms with Crippen molar-refractivity contribution < 1.29 is 9.90 Å². The van der Waals surface area contributed by atoms with Gasteiger partial charge in [0.2, 0.25) is 0 Å². The van der Waals surface area contributed by atoms with E-state index in [2.05, 4.69) is 28.4 Å². The SMILES string of the molecule is CCC(CC)Cn1c(SCC(=O)O)nc2cc(C)cnc21. The maximum atomic E-state index is 10.8. The van der Waals surface area contributed by atoms with Gasteiger partial charge in [-0.25, -0.2) is 9.97 Å². The van der Waals surface area contributed by atoms with Crippen LogP contribution < -0.4 is 0 Å². The van der Waals surface area contributed by atoms with E-state index in [1.807, 2.05) is 19.2 Å². The number of aryl methyl sites for hydroxylation is 1. The summed E-state index contributed by atoms with van der Waals surface area (Å²) in [6, 6.07) is 2.00. The van der Waals surface area contributed by atoms with Crippen LogP contribution in [0.1, 0.15) is 32.3 Å². The number of aliphatic carboxylic acids is 1. The Morgan fingerprint density at radius 3 is 2.76 bits per heavy atom. The van der Waals surface area contributed by atoms with Crippen LogP contribution in [0.4, 0.5) is 0 Å². The van der Waals surface area contributed by atoms with Gasteiger partial charge in [-0.3, -0.25) is 4.79 Å². The monoisotopic (exact) mass is 307 g/mol. The molecule has 0 aromatic carbocycles. The zero-order chi connectivity index (χ0) is 15.4. The summed E-state index contributed by atoms with van der Waals surface area (Å²) in [5.41, 5.74) is 2.75. The average molecular weight is 307 g/mol. The lowest BCUT2D eigenvalue weighted by atomic mass is 10.0. The number of imidazole rings is 1. The minimum absolute atomic E-state index is 0.0191. The number of thioether (sulfide) groups is 1. The van der Waals surface area contributed by atoms with E-state index in [1.54, 1.807) is 0 Å². The molecule has 2 rings (SSSR count). The van der Waals surface area contributed by atoms with Crippen LogP contribution in [0.15, 0.2) is 17.4 Å². The molecule has 2 aromatic heterocycles. The van der Waals surface area contributed by atoms with Crippen LogP contribution in [-0.4, -0.2) is 31.4 Å². The van der Waals surface area contributed by atoms with Gasteiger partial charge in [0.1, 0.15) is 5.52 Å². The van der Waals surface area contributed by atoms with Crippen molar-refractivity contribution in [1.82, 2.24) is 14.5 Å². The van der Waals surface area contributed by atoms with Gasteiger partial charge >= 0.3 is 5.97 Å². The lowest BCUT2D eigenvalue weighted by Gasteiger charge is -2.15. The van der Waals surface area contributed by atoms with Gasteiger partial charge < -0.3 is 9.67 Å². The Kier molecular flexibility index (Phi) is 5.22. The number of hydrogen-bond acceptors (Lipinski definition) is 4. The highest BCUT2D eigenvalue weighted by Crippen LogP contribution is 2.25. The zero-order valence-electron chi connectivity index (χ0n) is 12.7. The van der Waals surface area contributed by atoms with E-state index in [4.69, 9.17) is 5.11 Å². The molecule has 0 fully saturated rings. The van der Waals surface area contributed by atoms with Crippen molar-refractivity contribution in [2.45, 2.75) is 45.3 Å². The summed E-state index contributed by atoms with van der Waals surface area (Å²) in [6.45, 7) is 7.17. The first-order valence-corrected chi connectivity index (χ1v) is 8.21. The summed E-state index contributed by atoms with van der Waals surface area (Å²) in [4.78, 5) is 19.9. The number of fused-ring (bicyclic) bond motifs is 1. The van der Waals surface area contributed by atoms with Crippen molar-refractivity contribution >= 4 is 28.9 Å². The van der Waals surface area contributed by atoms with Gasteiger partial charge in [0.25, 0.3) is 0 Å². The summed E-state index contributed by atoms with van der Waals surface area (Å²) in [5, 5.41) is 9.63. The quantitative estimate of drug-likeness (QED) is 0.794. The Morgan fingerprint density at radius 1 is 1.43 bits per heavy atom. The fraction of sp³-hybridized carbons (Fsp3) is 0.533. The molecule has 0 atom stereocenters. The Morgan fingerprint density at radius 2 is 2.14 bits per heavy atom.